The van der Waals surface area contributed by atoms with Crippen molar-refractivity contribution in [1.82, 2.24) is 4.57 Å². The van der Waals surface area contributed by atoms with Crippen LogP contribution in [-0.4, -0.2) is 22.9 Å². The smallest absolute Gasteiger partial charge is 0.399 e. The van der Waals surface area contributed by atoms with Crippen molar-refractivity contribution in [3.05, 3.63) is 40.8 Å². The van der Waals surface area contributed by atoms with Crippen LogP contribution in [0.1, 0.15) is 59.9 Å². The summed E-state index contributed by atoms with van der Waals surface area (Å²) in [7, 11) is -0.460. The number of hydrogen-bond donors (Lipinski definition) is 0. The molecule has 148 valence electrons. The van der Waals surface area contributed by atoms with Crippen molar-refractivity contribution in [2.45, 2.75) is 71.1 Å². The van der Waals surface area contributed by atoms with Crippen LogP contribution in [0.5, 0.6) is 0 Å². The number of benzene rings is 1. The topological polar surface area (TPSA) is 40.5 Å². The first-order valence-corrected chi connectivity index (χ1v) is 10.7. The summed E-state index contributed by atoms with van der Waals surface area (Å²) in [6.07, 6.45) is 5.76. The van der Waals surface area contributed by atoms with Gasteiger partial charge in [0.2, 0.25) is 0 Å². The molecule has 1 aliphatic heterocycles. The monoisotopic (exact) mass is 379 g/mol. The fourth-order valence-corrected chi connectivity index (χ4v) is 4.77. The minimum absolute atomic E-state index is 0.131. The number of hydrogen-bond acceptors (Lipinski definition) is 3. The first-order valence-electron chi connectivity index (χ1n) is 10.7. The lowest BCUT2D eigenvalue weighted by molar-refractivity contribution is 0.00578. The zero-order valence-electron chi connectivity index (χ0n) is 17.6. The molecule has 1 aromatic heterocycles. The van der Waals surface area contributed by atoms with Crippen LogP contribution in [0.2, 0.25) is 0 Å². The van der Waals surface area contributed by atoms with Crippen molar-refractivity contribution in [1.29, 1.82) is 0 Å². The number of nitrogens with zero attached hydrogens (tertiary/aromatic N) is 1. The highest BCUT2D eigenvalue weighted by Crippen LogP contribution is 2.54. The molecule has 0 bridgehead atoms. The summed E-state index contributed by atoms with van der Waals surface area (Å²) < 4.78 is 14.8. The van der Waals surface area contributed by atoms with E-state index in [1.165, 1.54) is 19.3 Å². The molecule has 3 unspecified atom stereocenters. The fraction of sp³-hybridized carbons (Fsp3) is 0.609. The largest absolute Gasteiger partial charge is 0.496 e. The first kappa shape index (κ1) is 18.4. The lowest BCUT2D eigenvalue weighted by Gasteiger charge is -2.32. The van der Waals surface area contributed by atoms with Gasteiger partial charge in [-0.3, -0.25) is 4.79 Å². The highest BCUT2D eigenvalue weighted by atomic mass is 16.7. The molecule has 0 N–H and O–H groups in total. The van der Waals surface area contributed by atoms with Crippen LogP contribution < -0.4 is 11.0 Å². The van der Waals surface area contributed by atoms with Gasteiger partial charge in [-0.25, -0.2) is 0 Å². The fourth-order valence-electron chi connectivity index (χ4n) is 4.77. The molecule has 3 fully saturated rings. The SMILES string of the molecule is CC1CC1C(C1CC1)n1cc(B2OC(C)(C)C(C)(C)O2)c2ccccc2c1=O. The molecule has 3 atom stereocenters. The lowest BCUT2D eigenvalue weighted by atomic mass is 9.77. The average molecular weight is 379 g/mol. The van der Waals surface area contributed by atoms with Gasteiger partial charge in [0.05, 0.1) is 11.2 Å². The van der Waals surface area contributed by atoms with E-state index in [1.807, 2.05) is 28.8 Å². The summed E-state index contributed by atoms with van der Waals surface area (Å²) in [5.41, 5.74) is 0.307. The van der Waals surface area contributed by atoms with E-state index in [1.54, 1.807) is 0 Å². The molecule has 1 aromatic carbocycles. The van der Waals surface area contributed by atoms with Gasteiger partial charge in [-0.2, -0.15) is 0 Å². The van der Waals surface area contributed by atoms with Crippen molar-refractivity contribution in [3.63, 3.8) is 0 Å². The Bertz CT molecular complexity index is 975. The molecule has 0 spiro atoms. The van der Waals surface area contributed by atoms with Crippen LogP contribution in [0.15, 0.2) is 35.3 Å². The van der Waals surface area contributed by atoms with Crippen LogP contribution in [0.25, 0.3) is 10.8 Å². The maximum atomic E-state index is 13.4. The van der Waals surface area contributed by atoms with Crippen molar-refractivity contribution < 1.29 is 9.31 Å². The zero-order chi connectivity index (χ0) is 19.8. The number of rotatable bonds is 4. The van der Waals surface area contributed by atoms with Gasteiger partial charge in [0.15, 0.2) is 0 Å². The van der Waals surface area contributed by atoms with E-state index < -0.39 is 18.3 Å². The number of fused-ring (bicyclic) bond motifs is 1. The van der Waals surface area contributed by atoms with Gasteiger partial charge in [0.1, 0.15) is 0 Å². The van der Waals surface area contributed by atoms with E-state index in [2.05, 4.69) is 40.8 Å². The summed E-state index contributed by atoms with van der Waals surface area (Å²) in [4.78, 5) is 13.4. The molecular weight excluding hydrogens is 349 g/mol. The average Bonchev–Trinajstić information content (AvgIpc) is 3.54. The Morgan fingerprint density at radius 2 is 1.64 bits per heavy atom. The highest BCUT2D eigenvalue weighted by Gasteiger charge is 2.53. The molecule has 3 aliphatic rings. The minimum Gasteiger partial charge on any atom is -0.399 e. The second-order valence-corrected chi connectivity index (χ2v) is 10.1. The quantitative estimate of drug-likeness (QED) is 0.757. The standard InChI is InChI=1S/C23H30BNO3/c1-14-12-18(14)20(15-10-11-15)25-13-19(16-8-6-7-9-17(16)21(25)26)24-27-22(2,3)23(4,5)28-24/h6-9,13-15,18,20H,10-12H2,1-5H3. The molecule has 1 saturated heterocycles. The summed E-state index contributed by atoms with van der Waals surface area (Å²) in [6.45, 7) is 10.6. The van der Waals surface area contributed by atoms with Crippen LogP contribution in [-0.2, 0) is 9.31 Å². The molecule has 2 heterocycles. The van der Waals surface area contributed by atoms with E-state index in [-0.39, 0.29) is 5.56 Å². The molecule has 5 rings (SSSR count). The van der Waals surface area contributed by atoms with Gasteiger partial charge >= 0.3 is 7.12 Å². The van der Waals surface area contributed by atoms with E-state index in [4.69, 9.17) is 9.31 Å². The van der Waals surface area contributed by atoms with Crippen LogP contribution in [0.4, 0.5) is 0 Å². The molecule has 4 nitrogen and oxygen atoms in total. The van der Waals surface area contributed by atoms with E-state index in [0.717, 1.165) is 16.2 Å². The predicted octanol–water partition coefficient (Wildman–Crippen LogP) is 3.91. The zero-order valence-corrected chi connectivity index (χ0v) is 17.6. The molecular formula is C23H30BNO3. The van der Waals surface area contributed by atoms with Gasteiger partial charge in [-0.05, 0) is 76.2 Å². The summed E-state index contributed by atoms with van der Waals surface area (Å²) in [6, 6.07) is 8.22. The van der Waals surface area contributed by atoms with E-state index in [0.29, 0.717) is 23.8 Å². The second kappa shape index (κ2) is 5.96. The van der Waals surface area contributed by atoms with Crippen LogP contribution in [0, 0.1) is 17.8 Å². The van der Waals surface area contributed by atoms with Gasteiger partial charge < -0.3 is 13.9 Å². The number of aromatic nitrogens is 1. The molecule has 2 aromatic rings. The second-order valence-electron chi connectivity index (χ2n) is 10.1. The summed E-state index contributed by atoms with van der Waals surface area (Å²) in [5, 5.41) is 1.72. The van der Waals surface area contributed by atoms with Gasteiger partial charge in [0, 0.05) is 23.1 Å². The van der Waals surface area contributed by atoms with Crippen molar-refractivity contribution in [3.8, 4) is 0 Å². The maximum absolute atomic E-state index is 13.4. The molecule has 0 radical (unpaired) electrons. The van der Waals surface area contributed by atoms with Crippen molar-refractivity contribution >= 4 is 23.4 Å². The summed E-state index contributed by atoms with van der Waals surface area (Å²) in [5.74, 6) is 1.97. The molecule has 0 amide bonds. The van der Waals surface area contributed by atoms with E-state index in [9.17, 15) is 4.79 Å². The molecule has 2 saturated carbocycles. The van der Waals surface area contributed by atoms with Gasteiger partial charge in [-0.1, -0.05) is 25.1 Å². The first-order chi connectivity index (χ1) is 13.2. The number of pyridine rings is 1. The van der Waals surface area contributed by atoms with Crippen molar-refractivity contribution in [2.75, 3.05) is 0 Å². The Morgan fingerprint density at radius 3 is 2.18 bits per heavy atom. The van der Waals surface area contributed by atoms with Crippen molar-refractivity contribution in [2.24, 2.45) is 17.8 Å². The molecule has 5 heteroatoms. The third-order valence-corrected chi connectivity index (χ3v) is 7.52. The Balaban J connectivity index is 1.67. The van der Waals surface area contributed by atoms with E-state index >= 15 is 0 Å². The lowest BCUT2D eigenvalue weighted by Crippen LogP contribution is -2.41. The van der Waals surface area contributed by atoms with Crippen LogP contribution in [0.3, 0.4) is 0 Å². The van der Waals surface area contributed by atoms with Gasteiger partial charge in [0.25, 0.3) is 5.56 Å². The Hall–Kier alpha value is -1.59. The van der Waals surface area contributed by atoms with Crippen LogP contribution >= 0.6 is 0 Å². The predicted molar refractivity (Wildman–Crippen MR) is 113 cm³/mol. The minimum atomic E-state index is -0.460. The Labute approximate surface area is 167 Å². The third-order valence-electron chi connectivity index (χ3n) is 7.52. The molecule has 28 heavy (non-hydrogen) atoms. The normalized spacial score (nSPS) is 29.2. The summed E-state index contributed by atoms with van der Waals surface area (Å²) >= 11 is 0. The molecule has 2 aliphatic carbocycles. The maximum Gasteiger partial charge on any atom is 0.496 e. The highest BCUT2D eigenvalue weighted by molar-refractivity contribution is 6.65. The Kier molecular flexibility index (Phi) is 3.93. The Morgan fingerprint density at radius 1 is 1.07 bits per heavy atom. The van der Waals surface area contributed by atoms with Gasteiger partial charge in [-0.15, -0.1) is 0 Å². The third kappa shape index (κ3) is 2.78.